The van der Waals surface area contributed by atoms with Crippen LogP contribution in [0.5, 0.6) is 0 Å². The number of aryl methyl sites for hydroxylation is 1. The first-order chi connectivity index (χ1) is 13.0. The van der Waals surface area contributed by atoms with Crippen LogP contribution >= 0.6 is 0 Å². The van der Waals surface area contributed by atoms with Gasteiger partial charge in [0.05, 0.1) is 6.42 Å². The Labute approximate surface area is 155 Å². The van der Waals surface area contributed by atoms with Gasteiger partial charge in [0.1, 0.15) is 6.54 Å². The SMILES string of the molecule is Cc1nc2cc[nH]n2c(=O)c1CC(=O)N(CCc1ccccc1)CC(=O)O. The molecule has 8 nitrogen and oxygen atoms in total. The molecule has 3 rings (SSSR count). The quantitative estimate of drug-likeness (QED) is 0.648. The van der Waals surface area contributed by atoms with Crippen molar-refractivity contribution in [2.45, 2.75) is 19.8 Å². The number of amides is 1. The van der Waals surface area contributed by atoms with Gasteiger partial charge in [-0.2, -0.15) is 0 Å². The second-order valence-electron chi connectivity index (χ2n) is 6.26. The number of carbonyl (C=O) groups is 2. The van der Waals surface area contributed by atoms with E-state index in [1.54, 1.807) is 19.2 Å². The summed E-state index contributed by atoms with van der Waals surface area (Å²) in [4.78, 5) is 42.0. The summed E-state index contributed by atoms with van der Waals surface area (Å²) in [6.45, 7) is 1.51. The number of nitrogens with zero attached hydrogens (tertiary/aromatic N) is 3. The third-order valence-corrected chi connectivity index (χ3v) is 4.37. The Morgan fingerprint density at radius 3 is 2.67 bits per heavy atom. The van der Waals surface area contributed by atoms with Crippen LogP contribution in [0, 0.1) is 6.92 Å². The fraction of sp³-hybridized carbons (Fsp3) is 0.263. The van der Waals surface area contributed by atoms with E-state index in [9.17, 15) is 14.4 Å². The standard InChI is InChI=1S/C19H20N4O4/c1-13-15(19(27)23-16(21-13)7-9-20-23)11-17(24)22(12-18(25)26)10-8-14-5-3-2-4-6-14/h2-7,9,20H,8,10-12H2,1H3,(H,25,26). The Bertz CT molecular complexity index is 1020. The largest absolute Gasteiger partial charge is 0.480 e. The molecule has 8 heteroatoms. The lowest BCUT2D eigenvalue weighted by Crippen LogP contribution is -2.39. The highest BCUT2D eigenvalue weighted by atomic mass is 16.4. The Kier molecular flexibility index (Phi) is 5.35. The number of benzene rings is 1. The van der Waals surface area contributed by atoms with Crippen LogP contribution in [0.2, 0.25) is 0 Å². The van der Waals surface area contributed by atoms with Gasteiger partial charge in [-0.1, -0.05) is 30.3 Å². The second kappa shape index (κ2) is 7.86. The maximum atomic E-state index is 12.7. The number of nitrogens with one attached hydrogen (secondary N) is 1. The molecule has 0 spiro atoms. The predicted molar refractivity (Wildman–Crippen MR) is 98.6 cm³/mol. The minimum Gasteiger partial charge on any atom is -0.480 e. The molecule has 2 N–H and O–H groups in total. The van der Waals surface area contributed by atoms with E-state index in [2.05, 4.69) is 10.1 Å². The van der Waals surface area contributed by atoms with Gasteiger partial charge in [-0.15, -0.1) is 0 Å². The molecule has 0 atom stereocenters. The number of hydrogen-bond acceptors (Lipinski definition) is 4. The van der Waals surface area contributed by atoms with Crippen LogP contribution in [0.4, 0.5) is 0 Å². The van der Waals surface area contributed by atoms with Crippen molar-refractivity contribution in [3.63, 3.8) is 0 Å². The molecule has 1 aromatic carbocycles. The third kappa shape index (κ3) is 4.22. The van der Waals surface area contributed by atoms with E-state index in [1.165, 1.54) is 9.42 Å². The lowest BCUT2D eigenvalue weighted by atomic mass is 10.1. The Morgan fingerprint density at radius 2 is 1.96 bits per heavy atom. The first-order valence-corrected chi connectivity index (χ1v) is 8.55. The summed E-state index contributed by atoms with van der Waals surface area (Å²) in [6, 6.07) is 11.2. The molecule has 0 unspecified atom stereocenters. The Balaban J connectivity index is 1.80. The zero-order chi connectivity index (χ0) is 19.4. The molecule has 2 aromatic heterocycles. The number of carboxylic acid groups (broad SMARTS) is 1. The predicted octanol–water partition coefficient (Wildman–Crippen LogP) is 1.03. The van der Waals surface area contributed by atoms with Crippen LogP contribution in [0.3, 0.4) is 0 Å². The number of H-pyrrole nitrogens is 1. The molecular weight excluding hydrogens is 348 g/mol. The Morgan fingerprint density at radius 1 is 1.22 bits per heavy atom. The van der Waals surface area contributed by atoms with Crippen molar-refractivity contribution in [2.75, 3.05) is 13.1 Å². The van der Waals surface area contributed by atoms with E-state index in [0.717, 1.165) is 5.56 Å². The smallest absolute Gasteiger partial charge is 0.323 e. The maximum Gasteiger partial charge on any atom is 0.323 e. The molecule has 3 aromatic rings. The molecule has 0 bridgehead atoms. The van der Waals surface area contributed by atoms with E-state index >= 15 is 0 Å². The van der Waals surface area contributed by atoms with Gasteiger partial charge in [-0.25, -0.2) is 9.50 Å². The summed E-state index contributed by atoms with van der Waals surface area (Å²) < 4.78 is 1.26. The number of fused-ring (bicyclic) bond motifs is 1. The van der Waals surface area contributed by atoms with Gasteiger partial charge in [-0.05, 0) is 18.9 Å². The molecule has 27 heavy (non-hydrogen) atoms. The van der Waals surface area contributed by atoms with E-state index in [4.69, 9.17) is 5.11 Å². The average molecular weight is 368 g/mol. The van der Waals surface area contributed by atoms with E-state index in [1.807, 2.05) is 30.3 Å². The van der Waals surface area contributed by atoms with Crippen molar-refractivity contribution in [3.05, 3.63) is 69.8 Å². The van der Waals surface area contributed by atoms with Gasteiger partial charge in [-0.3, -0.25) is 19.5 Å². The molecule has 0 aliphatic rings. The van der Waals surface area contributed by atoms with Gasteiger partial charge < -0.3 is 10.0 Å². The lowest BCUT2D eigenvalue weighted by molar-refractivity contribution is -0.144. The van der Waals surface area contributed by atoms with Crippen molar-refractivity contribution in [1.82, 2.24) is 19.5 Å². The maximum absolute atomic E-state index is 12.7. The van der Waals surface area contributed by atoms with Crippen LogP contribution in [0.15, 0.2) is 47.4 Å². The Hall–Kier alpha value is -3.42. The topological polar surface area (TPSA) is 108 Å². The molecule has 0 fully saturated rings. The number of hydrogen-bond donors (Lipinski definition) is 2. The summed E-state index contributed by atoms with van der Waals surface area (Å²) >= 11 is 0. The van der Waals surface area contributed by atoms with Crippen LogP contribution < -0.4 is 5.56 Å². The number of carbonyl (C=O) groups excluding carboxylic acids is 1. The zero-order valence-corrected chi connectivity index (χ0v) is 14.9. The second-order valence-corrected chi connectivity index (χ2v) is 6.26. The molecule has 0 saturated heterocycles. The number of rotatable bonds is 7. The summed E-state index contributed by atoms with van der Waals surface area (Å²) in [6.07, 6.45) is 1.93. The van der Waals surface area contributed by atoms with Crippen molar-refractivity contribution < 1.29 is 14.7 Å². The van der Waals surface area contributed by atoms with E-state index in [-0.39, 0.29) is 24.1 Å². The monoisotopic (exact) mass is 368 g/mol. The van der Waals surface area contributed by atoms with Crippen LogP contribution in [0.25, 0.3) is 5.65 Å². The summed E-state index contributed by atoms with van der Waals surface area (Å²) in [5, 5.41) is 11.9. The minimum atomic E-state index is -1.09. The van der Waals surface area contributed by atoms with E-state index < -0.39 is 18.4 Å². The van der Waals surface area contributed by atoms with Gasteiger partial charge in [0.25, 0.3) is 5.56 Å². The average Bonchev–Trinajstić information content (AvgIpc) is 3.11. The first kappa shape index (κ1) is 18.4. The zero-order valence-electron chi connectivity index (χ0n) is 14.9. The molecule has 0 saturated carbocycles. The minimum absolute atomic E-state index is 0.193. The highest BCUT2D eigenvalue weighted by Crippen LogP contribution is 2.07. The molecule has 1 amide bonds. The lowest BCUT2D eigenvalue weighted by Gasteiger charge is -2.21. The van der Waals surface area contributed by atoms with Crippen LogP contribution in [0.1, 0.15) is 16.8 Å². The fourth-order valence-electron chi connectivity index (χ4n) is 2.94. The van der Waals surface area contributed by atoms with Crippen LogP contribution in [-0.2, 0) is 22.4 Å². The molecule has 0 aliphatic heterocycles. The van der Waals surface area contributed by atoms with Gasteiger partial charge in [0, 0.05) is 30.1 Å². The summed E-state index contributed by atoms with van der Waals surface area (Å²) in [5.74, 6) is -1.51. The molecular formula is C19H20N4O4. The number of aromatic nitrogens is 3. The van der Waals surface area contributed by atoms with E-state index in [0.29, 0.717) is 17.8 Å². The number of aromatic amines is 1. The third-order valence-electron chi connectivity index (χ3n) is 4.37. The number of aliphatic carboxylic acids is 1. The first-order valence-electron chi connectivity index (χ1n) is 8.55. The normalized spacial score (nSPS) is 10.9. The fourth-order valence-corrected chi connectivity index (χ4v) is 2.94. The highest BCUT2D eigenvalue weighted by Gasteiger charge is 2.21. The molecule has 140 valence electrons. The van der Waals surface area contributed by atoms with Crippen molar-refractivity contribution in [1.29, 1.82) is 0 Å². The molecule has 2 heterocycles. The van der Waals surface area contributed by atoms with Crippen molar-refractivity contribution in [2.24, 2.45) is 0 Å². The van der Waals surface area contributed by atoms with Gasteiger partial charge in [0.15, 0.2) is 5.65 Å². The van der Waals surface area contributed by atoms with Crippen molar-refractivity contribution >= 4 is 17.5 Å². The number of carboxylic acids is 1. The summed E-state index contributed by atoms with van der Waals surface area (Å²) in [7, 11) is 0. The van der Waals surface area contributed by atoms with Gasteiger partial charge in [0.2, 0.25) is 5.91 Å². The van der Waals surface area contributed by atoms with Crippen molar-refractivity contribution in [3.8, 4) is 0 Å². The highest BCUT2D eigenvalue weighted by molar-refractivity contribution is 5.83. The molecule has 0 aliphatic carbocycles. The van der Waals surface area contributed by atoms with Gasteiger partial charge >= 0.3 is 5.97 Å². The molecule has 0 radical (unpaired) electrons. The summed E-state index contributed by atoms with van der Waals surface area (Å²) in [5.41, 5.74) is 1.85. The van der Waals surface area contributed by atoms with Crippen LogP contribution in [-0.4, -0.2) is 49.6 Å².